The third-order valence-corrected chi connectivity index (χ3v) is 7.62. The van der Waals surface area contributed by atoms with Crippen molar-refractivity contribution in [3.8, 4) is 0 Å². The number of hydrogen-bond donors (Lipinski definition) is 1. The molecular weight excluding hydrogens is 366 g/mol. The summed E-state index contributed by atoms with van der Waals surface area (Å²) in [4.78, 5) is 0.358. The van der Waals surface area contributed by atoms with E-state index in [0.29, 0.717) is 50.0 Å². The summed E-state index contributed by atoms with van der Waals surface area (Å²) < 4.78 is 39.3. The monoisotopic (exact) mass is 397 g/mol. The molecule has 0 aromatic heterocycles. The van der Waals surface area contributed by atoms with Crippen LogP contribution in [0.25, 0.3) is 0 Å². The average Bonchev–Trinajstić information content (AvgIpc) is 2.67. The smallest absolute Gasteiger partial charge is 0.243 e. The SMILES string of the molecule is CC(C)c1ccc(S(=O)(=O)N2CCC3(CC2)CC(OCCO)CCO3)cc1. The van der Waals surface area contributed by atoms with Crippen LogP contribution in [0.2, 0.25) is 0 Å². The molecule has 1 unspecified atom stereocenters. The fourth-order valence-corrected chi connectivity index (χ4v) is 5.44. The number of nitrogens with zero attached hydrogens (tertiary/aromatic N) is 1. The number of aliphatic hydroxyl groups excluding tert-OH is 1. The lowest BCUT2D eigenvalue weighted by atomic mass is 9.84. The van der Waals surface area contributed by atoms with E-state index < -0.39 is 10.0 Å². The van der Waals surface area contributed by atoms with Crippen LogP contribution in [-0.2, 0) is 19.5 Å². The van der Waals surface area contributed by atoms with Gasteiger partial charge in [0.2, 0.25) is 10.0 Å². The number of piperidine rings is 1. The Morgan fingerprint density at radius 2 is 1.93 bits per heavy atom. The van der Waals surface area contributed by atoms with Crippen molar-refractivity contribution in [2.45, 2.75) is 62.0 Å². The highest BCUT2D eigenvalue weighted by Gasteiger charge is 2.43. The van der Waals surface area contributed by atoms with Gasteiger partial charge in [-0.2, -0.15) is 4.31 Å². The summed E-state index contributed by atoms with van der Waals surface area (Å²) in [6.45, 7) is 6.09. The normalized spacial score (nSPS) is 23.8. The molecule has 2 saturated heterocycles. The Balaban J connectivity index is 1.64. The molecule has 152 valence electrons. The second-order valence-electron chi connectivity index (χ2n) is 7.87. The quantitative estimate of drug-likeness (QED) is 0.798. The second-order valence-corrected chi connectivity index (χ2v) is 9.81. The molecule has 2 heterocycles. The van der Waals surface area contributed by atoms with Crippen molar-refractivity contribution < 1.29 is 23.0 Å². The van der Waals surface area contributed by atoms with E-state index in [2.05, 4.69) is 13.8 Å². The molecule has 0 amide bonds. The second kappa shape index (κ2) is 8.57. The predicted octanol–water partition coefficient (Wildman–Crippen LogP) is 2.52. The third kappa shape index (κ3) is 4.71. The molecule has 0 aliphatic carbocycles. The van der Waals surface area contributed by atoms with Crippen molar-refractivity contribution in [3.63, 3.8) is 0 Å². The maximum atomic E-state index is 13.0. The average molecular weight is 398 g/mol. The van der Waals surface area contributed by atoms with Crippen molar-refractivity contribution in [1.82, 2.24) is 4.31 Å². The van der Waals surface area contributed by atoms with Crippen LogP contribution in [0.4, 0.5) is 0 Å². The van der Waals surface area contributed by atoms with Gasteiger partial charge >= 0.3 is 0 Å². The zero-order chi connectivity index (χ0) is 19.5. The maximum Gasteiger partial charge on any atom is 0.243 e. The first-order valence-corrected chi connectivity index (χ1v) is 11.3. The summed E-state index contributed by atoms with van der Waals surface area (Å²) in [7, 11) is -3.47. The van der Waals surface area contributed by atoms with Crippen molar-refractivity contribution in [2.24, 2.45) is 0 Å². The van der Waals surface area contributed by atoms with E-state index in [1.54, 1.807) is 16.4 Å². The fourth-order valence-electron chi connectivity index (χ4n) is 4.00. The van der Waals surface area contributed by atoms with Gasteiger partial charge < -0.3 is 14.6 Å². The van der Waals surface area contributed by atoms with Crippen LogP contribution in [0, 0.1) is 0 Å². The van der Waals surface area contributed by atoms with Crippen molar-refractivity contribution in [1.29, 1.82) is 0 Å². The molecule has 1 aromatic carbocycles. The van der Waals surface area contributed by atoms with Gasteiger partial charge in [-0.1, -0.05) is 26.0 Å². The number of sulfonamides is 1. The number of ether oxygens (including phenoxy) is 2. The first-order chi connectivity index (χ1) is 12.9. The molecule has 2 fully saturated rings. The third-order valence-electron chi connectivity index (χ3n) is 5.71. The van der Waals surface area contributed by atoms with Gasteiger partial charge in [0, 0.05) is 26.1 Å². The number of aliphatic hydroxyl groups is 1. The highest BCUT2D eigenvalue weighted by atomic mass is 32.2. The summed E-state index contributed by atoms with van der Waals surface area (Å²) in [6.07, 6.45) is 3.03. The minimum Gasteiger partial charge on any atom is -0.394 e. The highest BCUT2D eigenvalue weighted by molar-refractivity contribution is 7.89. The van der Waals surface area contributed by atoms with Crippen LogP contribution in [-0.4, -0.2) is 62.4 Å². The lowest BCUT2D eigenvalue weighted by molar-refractivity contribution is -0.152. The van der Waals surface area contributed by atoms with Gasteiger partial charge in [0.05, 0.1) is 29.8 Å². The molecule has 0 saturated carbocycles. The van der Waals surface area contributed by atoms with Crippen molar-refractivity contribution in [2.75, 3.05) is 32.9 Å². The molecule has 1 N–H and O–H groups in total. The molecule has 1 atom stereocenters. The summed E-state index contributed by atoms with van der Waals surface area (Å²) >= 11 is 0. The molecule has 0 radical (unpaired) electrons. The molecule has 2 aliphatic rings. The lowest BCUT2D eigenvalue weighted by Crippen LogP contribution is -2.52. The van der Waals surface area contributed by atoms with E-state index in [-0.39, 0.29) is 18.3 Å². The standard InChI is InChI=1S/C20H31NO5S/c1-16(2)17-3-5-19(6-4-17)27(23,24)21-10-8-20(9-11-21)15-18(7-13-26-20)25-14-12-22/h3-6,16,18,22H,7-15H2,1-2H3. The van der Waals surface area contributed by atoms with Crippen LogP contribution in [0.1, 0.15) is 51.0 Å². The summed E-state index contributed by atoms with van der Waals surface area (Å²) in [5.74, 6) is 0.376. The van der Waals surface area contributed by atoms with Gasteiger partial charge in [-0.25, -0.2) is 8.42 Å². The van der Waals surface area contributed by atoms with Gasteiger partial charge in [0.15, 0.2) is 0 Å². The minimum atomic E-state index is -3.47. The molecule has 6 nitrogen and oxygen atoms in total. The Morgan fingerprint density at radius 3 is 2.52 bits per heavy atom. The molecule has 2 aliphatic heterocycles. The van der Waals surface area contributed by atoms with Crippen LogP contribution in [0.3, 0.4) is 0 Å². The first kappa shape index (κ1) is 20.7. The van der Waals surface area contributed by atoms with Crippen LogP contribution < -0.4 is 0 Å². The Morgan fingerprint density at radius 1 is 1.26 bits per heavy atom. The lowest BCUT2D eigenvalue weighted by Gasteiger charge is -2.45. The van der Waals surface area contributed by atoms with Gasteiger partial charge in [-0.15, -0.1) is 0 Å². The Bertz CT molecular complexity index is 708. The first-order valence-electron chi connectivity index (χ1n) is 9.83. The number of rotatable bonds is 6. The molecule has 0 bridgehead atoms. The highest BCUT2D eigenvalue weighted by Crippen LogP contribution is 2.37. The van der Waals surface area contributed by atoms with Crippen molar-refractivity contribution in [3.05, 3.63) is 29.8 Å². The topological polar surface area (TPSA) is 76.1 Å². The molecular formula is C20H31NO5S. The molecule has 3 rings (SSSR count). The van der Waals surface area contributed by atoms with Gasteiger partial charge in [-0.3, -0.25) is 0 Å². The summed E-state index contributed by atoms with van der Waals surface area (Å²) in [5, 5.41) is 8.95. The van der Waals surface area contributed by atoms with Crippen molar-refractivity contribution >= 4 is 10.0 Å². The van der Waals surface area contributed by atoms with Crippen LogP contribution in [0.15, 0.2) is 29.2 Å². The van der Waals surface area contributed by atoms with E-state index in [9.17, 15) is 8.42 Å². The van der Waals surface area contributed by atoms with E-state index in [4.69, 9.17) is 14.6 Å². The summed E-state index contributed by atoms with van der Waals surface area (Å²) in [5.41, 5.74) is 0.836. The largest absolute Gasteiger partial charge is 0.394 e. The van der Waals surface area contributed by atoms with E-state index in [0.717, 1.165) is 18.4 Å². The molecule has 27 heavy (non-hydrogen) atoms. The van der Waals surface area contributed by atoms with Crippen LogP contribution >= 0.6 is 0 Å². The summed E-state index contributed by atoms with van der Waals surface area (Å²) in [6, 6.07) is 7.22. The minimum absolute atomic E-state index is 0.0198. The Hall–Kier alpha value is -0.990. The van der Waals surface area contributed by atoms with E-state index in [1.807, 2.05) is 12.1 Å². The maximum absolute atomic E-state index is 13.0. The van der Waals surface area contributed by atoms with Crippen LogP contribution in [0.5, 0.6) is 0 Å². The Kier molecular flexibility index (Phi) is 6.58. The molecule has 1 spiro atoms. The Labute approximate surface area is 162 Å². The zero-order valence-corrected chi connectivity index (χ0v) is 17.1. The van der Waals surface area contributed by atoms with E-state index in [1.165, 1.54) is 0 Å². The fraction of sp³-hybridized carbons (Fsp3) is 0.700. The van der Waals surface area contributed by atoms with E-state index >= 15 is 0 Å². The van der Waals surface area contributed by atoms with Gasteiger partial charge in [0.1, 0.15) is 0 Å². The van der Waals surface area contributed by atoms with Gasteiger partial charge in [0.25, 0.3) is 0 Å². The zero-order valence-electron chi connectivity index (χ0n) is 16.3. The van der Waals surface area contributed by atoms with Gasteiger partial charge in [-0.05, 0) is 42.9 Å². The molecule has 7 heteroatoms. The number of benzene rings is 1. The predicted molar refractivity (Wildman–Crippen MR) is 103 cm³/mol. The number of hydrogen-bond acceptors (Lipinski definition) is 5. The molecule has 1 aromatic rings.